The average Bonchev–Trinajstić information content (AvgIpc) is 2.45. The molecular weight excluding hydrogens is 326 g/mol. The lowest BCUT2D eigenvalue weighted by molar-refractivity contribution is -0.0644. The summed E-state index contributed by atoms with van der Waals surface area (Å²) in [5.41, 5.74) is 1.33. The fourth-order valence-electron chi connectivity index (χ4n) is 4.18. The van der Waals surface area contributed by atoms with Crippen molar-refractivity contribution >= 4 is 15.9 Å². The molecule has 3 rings (SSSR count). The lowest BCUT2D eigenvalue weighted by atomic mass is 9.66. The SMILES string of the molecule is CCNC1CC2(CCCC(C)C2C)Oc2cc(Br)ccc21. The molecule has 1 spiro atoms. The maximum atomic E-state index is 6.63. The van der Waals surface area contributed by atoms with E-state index in [9.17, 15) is 0 Å². The van der Waals surface area contributed by atoms with E-state index in [0.717, 1.165) is 29.1 Å². The summed E-state index contributed by atoms with van der Waals surface area (Å²) in [6, 6.07) is 6.89. The summed E-state index contributed by atoms with van der Waals surface area (Å²) in [6.07, 6.45) is 4.91. The van der Waals surface area contributed by atoms with Crippen LogP contribution in [0.25, 0.3) is 0 Å². The molecule has 1 heterocycles. The first-order chi connectivity index (χ1) is 10.1. The van der Waals surface area contributed by atoms with Gasteiger partial charge < -0.3 is 10.1 Å². The first kappa shape index (κ1) is 15.4. The highest BCUT2D eigenvalue weighted by Gasteiger charge is 2.48. The number of ether oxygens (including phenoxy) is 1. The van der Waals surface area contributed by atoms with Gasteiger partial charge in [0.15, 0.2) is 0 Å². The Morgan fingerprint density at radius 3 is 2.95 bits per heavy atom. The number of rotatable bonds is 2. The van der Waals surface area contributed by atoms with Crippen molar-refractivity contribution in [3.63, 3.8) is 0 Å². The van der Waals surface area contributed by atoms with Gasteiger partial charge in [0, 0.05) is 22.5 Å². The van der Waals surface area contributed by atoms with Crippen molar-refractivity contribution in [2.45, 2.75) is 58.1 Å². The van der Waals surface area contributed by atoms with Gasteiger partial charge in [-0.25, -0.2) is 0 Å². The summed E-state index contributed by atoms with van der Waals surface area (Å²) in [4.78, 5) is 0. The van der Waals surface area contributed by atoms with Gasteiger partial charge in [-0.2, -0.15) is 0 Å². The van der Waals surface area contributed by atoms with E-state index in [-0.39, 0.29) is 5.60 Å². The molecule has 0 saturated heterocycles. The summed E-state index contributed by atoms with van der Waals surface area (Å²) >= 11 is 3.59. The Bertz CT molecular complexity index is 518. The van der Waals surface area contributed by atoms with Crippen molar-refractivity contribution < 1.29 is 4.74 Å². The second-order valence-electron chi connectivity index (χ2n) is 6.82. The number of hydrogen-bond donors (Lipinski definition) is 1. The van der Waals surface area contributed by atoms with E-state index in [0.29, 0.717) is 12.0 Å². The topological polar surface area (TPSA) is 21.3 Å². The molecule has 0 radical (unpaired) electrons. The monoisotopic (exact) mass is 351 g/mol. The molecule has 0 bridgehead atoms. The maximum Gasteiger partial charge on any atom is 0.126 e. The predicted octanol–water partition coefficient (Wildman–Crippen LogP) is 5.08. The Kier molecular flexibility index (Phi) is 4.33. The first-order valence-electron chi connectivity index (χ1n) is 8.27. The van der Waals surface area contributed by atoms with Gasteiger partial charge in [-0.3, -0.25) is 0 Å². The Morgan fingerprint density at radius 2 is 2.19 bits per heavy atom. The van der Waals surface area contributed by atoms with Gasteiger partial charge >= 0.3 is 0 Å². The van der Waals surface area contributed by atoms with Crippen molar-refractivity contribution in [3.8, 4) is 5.75 Å². The lowest BCUT2D eigenvalue weighted by Gasteiger charge is -2.50. The zero-order valence-corrected chi connectivity index (χ0v) is 14.9. The minimum Gasteiger partial charge on any atom is -0.487 e. The molecule has 1 aliphatic carbocycles. The normalized spacial score (nSPS) is 35.3. The molecular formula is C18H26BrNO. The van der Waals surface area contributed by atoms with Gasteiger partial charge in [0.25, 0.3) is 0 Å². The molecule has 0 aromatic heterocycles. The zero-order chi connectivity index (χ0) is 15.0. The van der Waals surface area contributed by atoms with Crippen molar-refractivity contribution in [1.82, 2.24) is 5.32 Å². The molecule has 2 aliphatic rings. The molecule has 3 heteroatoms. The molecule has 4 unspecified atom stereocenters. The van der Waals surface area contributed by atoms with Gasteiger partial charge in [0.2, 0.25) is 0 Å². The Labute approximate surface area is 136 Å². The minimum atomic E-state index is 0.0122. The Hall–Kier alpha value is -0.540. The maximum absolute atomic E-state index is 6.63. The highest BCUT2D eigenvalue weighted by molar-refractivity contribution is 9.10. The van der Waals surface area contributed by atoms with E-state index in [4.69, 9.17) is 4.74 Å². The second-order valence-corrected chi connectivity index (χ2v) is 7.74. The Balaban J connectivity index is 1.99. The second kappa shape index (κ2) is 5.92. The molecule has 1 aromatic rings. The summed E-state index contributed by atoms with van der Waals surface area (Å²) in [6.45, 7) is 7.96. The molecule has 0 amide bonds. The smallest absolute Gasteiger partial charge is 0.126 e. The number of fused-ring (bicyclic) bond motifs is 1. The first-order valence-corrected chi connectivity index (χ1v) is 9.07. The van der Waals surface area contributed by atoms with Gasteiger partial charge in [-0.1, -0.05) is 49.2 Å². The molecule has 1 aliphatic heterocycles. The summed E-state index contributed by atoms with van der Waals surface area (Å²) < 4.78 is 7.73. The highest BCUT2D eigenvalue weighted by atomic mass is 79.9. The van der Waals surface area contributed by atoms with Crippen molar-refractivity contribution in [1.29, 1.82) is 0 Å². The van der Waals surface area contributed by atoms with E-state index in [1.165, 1.54) is 24.8 Å². The van der Waals surface area contributed by atoms with Crippen molar-refractivity contribution in [3.05, 3.63) is 28.2 Å². The molecule has 2 nitrogen and oxygen atoms in total. The Morgan fingerprint density at radius 1 is 1.38 bits per heavy atom. The third-order valence-electron chi connectivity index (χ3n) is 5.61. The third-order valence-corrected chi connectivity index (χ3v) is 6.10. The minimum absolute atomic E-state index is 0.0122. The summed E-state index contributed by atoms with van der Waals surface area (Å²) in [5.74, 6) is 2.43. The van der Waals surface area contributed by atoms with Gasteiger partial charge in [0.1, 0.15) is 11.4 Å². The van der Waals surface area contributed by atoms with Crippen molar-refractivity contribution in [2.24, 2.45) is 11.8 Å². The standard InChI is InChI=1S/C18H26BrNO/c1-4-20-16-11-18(9-5-6-12(2)13(18)3)21-17-10-14(19)7-8-15(16)17/h7-8,10,12-13,16,20H,4-6,9,11H2,1-3H3. The zero-order valence-electron chi connectivity index (χ0n) is 13.3. The van der Waals surface area contributed by atoms with E-state index >= 15 is 0 Å². The molecule has 1 N–H and O–H groups in total. The van der Waals surface area contributed by atoms with Crippen LogP contribution in [0.15, 0.2) is 22.7 Å². The van der Waals surface area contributed by atoms with Crippen LogP contribution in [0.3, 0.4) is 0 Å². The number of nitrogens with one attached hydrogen (secondary N) is 1. The third kappa shape index (κ3) is 2.75. The van der Waals surface area contributed by atoms with E-state index in [2.05, 4.69) is 60.2 Å². The molecule has 1 aromatic carbocycles. The van der Waals surface area contributed by atoms with E-state index < -0.39 is 0 Å². The summed E-state index contributed by atoms with van der Waals surface area (Å²) in [7, 11) is 0. The molecule has 116 valence electrons. The molecule has 1 fully saturated rings. The number of halogens is 1. The lowest BCUT2D eigenvalue weighted by Crippen LogP contribution is -2.52. The van der Waals surface area contributed by atoms with Crippen LogP contribution in [0.5, 0.6) is 5.75 Å². The van der Waals surface area contributed by atoms with Crippen molar-refractivity contribution in [2.75, 3.05) is 6.54 Å². The molecule has 4 atom stereocenters. The number of hydrogen-bond acceptors (Lipinski definition) is 2. The van der Waals surface area contributed by atoms with Crippen LogP contribution >= 0.6 is 15.9 Å². The van der Waals surface area contributed by atoms with Gasteiger partial charge in [-0.15, -0.1) is 0 Å². The molecule has 1 saturated carbocycles. The van der Waals surface area contributed by atoms with E-state index in [1.807, 2.05) is 0 Å². The van der Waals surface area contributed by atoms with E-state index in [1.54, 1.807) is 0 Å². The van der Waals surface area contributed by atoms with Crippen LogP contribution in [0.1, 0.15) is 58.1 Å². The van der Waals surface area contributed by atoms with Crippen LogP contribution in [0.2, 0.25) is 0 Å². The fourth-order valence-corrected chi connectivity index (χ4v) is 4.52. The predicted molar refractivity (Wildman–Crippen MR) is 90.7 cm³/mol. The van der Waals surface area contributed by atoms with Gasteiger partial charge in [0.05, 0.1) is 0 Å². The largest absolute Gasteiger partial charge is 0.487 e. The summed E-state index contributed by atoms with van der Waals surface area (Å²) in [5, 5.41) is 3.67. The van der Waals surface area contributed by atoms with Crippen LogP contribution in [-0.4, -0.2) is 12.1 Å². The quantitative estimate of drug-likeness (QED) is 0.802. The average molecular weight is 352 g/mol. The number of benzene rings is 1. The van der Waals surface area contributed by atoms with Crippen LogP contribution in [0.4, 0.5) is 0 Å². The van der Waals surface area contributed by atoms with Crippen LogP contribution in [-0.2, 0) is 0 Å². The molecule has 21 heavy (non-hydrogen) atoms. The fraction of sp³-hybridized carbons (Fsp3) is 0.667. The van der Waals surface area contributed by atoms with Gasteiger partial charge in [-0.05, 0) is 43.4 Å². The van der Waals surface area contributed by atoms with Crippen LogP contribution < -0.4 is 10.1 Å². The van der Waals surface area contributed by atoms with Crippen LogP contribution in [0, 0.1) is 11.8 Å². The highest BCUT2D eigenvalue weighted by Crippen LogP contribution is 2.50.